The smallest absolute Gasteiger partial charge is 0.233 e. The van der Waals surface area contributed by atoms with Crippen molar-refractivity contribution in [1.29, 1.82) is 0 Å². The van der Waals surface area contributed by atoms with Gasteiger partial charge in [-0.1, -0.05) is 23.1 Å². The van der Waals surface area contributed by atoms with Gasteiger partial charge < -0.3 is 15.4 Å². The summed E-state index contributed by atoms with van der Waals surface area (Å²) in [5, 5.41) is 14.6. The van der Waals surface area contributed by atoms with E-state index < -0.39 is 0 Å². The maximum Gasteiger partial charge on any atom is 0.233 e. The first-order chi connectivity index (χ1) is 9.19. The Morgan fingerprint density at radius 3 is 3.16 bits per heavy atom. The van der Waals surface area contributed by atoms with Crippen molar-refractivity contribution < 1.29 is 9.53 Å². The summed E-state index contributed by atoms with van der Waals surface area (Å²) in [5.74, 6) is -0.00550. The standard InChI is InChI=1S/C11H18N4O2S2/c1-7(9(16)12-2)18-11-15-14-10(19-11)13-6-8-4-3-5-17-8/h7-8H,3-6H2,1-2H3,(H,12,16)(H,13,14). The molecule has 1 aromatic rings. The van der Waals surface area contributed by atoms with Crippen LogP contribution < -0.4 is 10.6 Å². The average Bonchev–Trinajstić information content (AvgIpc) is 3.06. The van der Waals surface area contributed by atoms with Crippen LogP contribution in [0, 0.1) is 0 Å². The molecule has 19 heavy (non-hydrogen) atoms. The van der Waals surface area contributed by atoms with Gasteiger partial charge in [0.2, 0.25) is 11.0 Å². The molecule has 0 bridgehead atoms. The van der Waals surface area contributed by atoms with Crippen molar-refractivity contribution in [3.63, 3.8) is 0 Å². The number of nitrogens with one attached hydrogen (secondary N) is 2. The number of anilines is 1. The molecular weight excluding hydrogens is 284 g/mol. The lowest BCUT2D eigenvalue weighted by Crippen LogP contribution is -2.27. The van der Waals surface area contributed by atoms with Crippen molar-refractivity contribution in [2.24, 2.45) is 0 Å². The molecule has 1 aliphatic rings. The van der Waals surface area contributed by atoms with E-state index in [1.165, 1.54) is 23.1 Å². The second kappa shape index (κ2) is 7.06. The number of hydrogen-bond donors (Lipinski definition) is 2. The molecular formula is C11H18N4O2S2. The first-order valence-corrected chi connectivity index (χ1v) is 7.96. The number of aromatic nitrogens is 2. The molecule has 2 atom stereocenters. The van der Waals surface area contributed by atoms with Gasteiger partial charge in [-0.2, -0.15) is 0 Å². The Morgan fingerprint density at radius 1 is 1.63 bits per heavy atom. The van der Waals surface area contributed by atoms with Gasteiger partial charge in [0.1, 0.15) is 0 Å². The van der Waals surface area contributed by atoms with Gasteiger partial charge in [0.25, 0.3) is 0 Å². The van der Waals surface area contributed by atoms with Crippen molar-refractivity contribution in [2.45, 2.75) is 35.5 Å². The third-order valence-corrected chi connectivity index (χ3v) is 4.87. The van der Waals surface area contributed by atoms with Crippen molar-refractivity contribution in [1.82, 2.24) is 15.5 Å². The Balaban J connectivity index is 1.79. The van der Waals surface area contributed by atoms with Crippen LogP contribution in [0.25, 0.3) is 0 Å². The molecule has 1 aliphatic heterocycles. The van der Waals surface area contributed by atoms with Crippen LogP contribution in [-0.4, -0.2) is 47.7 Å². The maximum atomic E-state index is 11.4. The minimum atomic E-state index is -0.163. The minimum Gasteiger partial charge on any atom is -0.376 e. The fourth-order valence-electron chi connectivity index (χ4n) is 1.74. The van der Waals surface area contributed by atoms with Crippen LogP contribution in [0.15, 0.2) is 4.34 Å². The van der Waals surface area contributed by atoms with Gasteiger partial charge in [-0.05, 0) is 19.8 Å². The van der Waals surface area contributed by atoms with Crippen LogP contribution in [0.5, 0.6) is 0 Å². The summed E-state index contributed by atoms with van der Waals surface area (Å²) in [5.41, 5.74) is 0. The van der Waals surface area contributed by atoms with E-state index in [9.17, 15) is 4.79 Å². The van der Waals surface area contributed by atoms with Gasteiger partial charge >= 0.3 is 0 Å². The minimum absolute atomic E-state index is 0.00550. The summed E-state index contributed by atoms with van der Waals surface area (Å²) in [6.07, 6.45) is 2.51. The van der Waals surface area contributed by atoms with Crippen molar-refractivity contribution in [2.75, 3.05) is 25.5 Å². The Bertz CT molecular complexity index is 421. The molecule has 2 N–H and O–H groups in total. The fraction of sp³-hybridized carbons (Fsp3) is 0.727. The Hall–Kier alpha value is -0.860. The van der Waals surface area contributed by atoms with E-state index >= 15 is 0 Å². The second-order valence-electron chi connectivity index (χ2n) is 4.26. The zero-order valence-electron chi connectivity index (χ0n) is 11.0. The van der Waals surface area contributed by atoms with Crippen molar-refractivity contribution in [3.8, 4) is 0 Å². The summed E-state index contributed by atoms with van der Waals surface area (Å²) < 4.78 is 6.33. The van der Waals surface area contributed by atoms with Gasteiger partial charge in [0, 0.05) is 20.2 Å². The van der Waals surface area contributed by atoms with Crippen molar-refractivity contribution in [3.05, 3.63) is 0 Å². The summed E-state index contributed by atoms with van der Waals surface area (Å²) >= 11 is 2.88. The normalized spacial score (nSPS) is 20.2. The number of ether oxygens (including phenoxy) is 1. The van der Waals surface area contributed by atoms with Gasteiger partial charge in [-0.15, -0.1) is 10.2 Å². The summed E-state index contributed by atoms with van der Waals surface area (Å²) in [6, 6.07) is 0. The second-order valence-corrected chi connectivity index (χ2v) is 6.83. The molecule has 2 unspecified atom stereocenters. The van der Waals surface area contributed by atoms with Gasteiger partial charge in [-0.25, -0.2) is 0 Å². The molecule has 0 spiro atoms. The molecule has 8 heteroatoms. The van der Waals surface area contributed by atoms with E-state index in [4.69, 9.17) is 4.74 Å². The summed E-state index contributed by atoms with van der Waals surface area (Å²) in [4.78, 5) is 11.4. The SMILES string of the molecule is CNC(=O)C(C)Sc1nnc(NCC2CCCO2)s1. The summed E-state index contributed by atoms with van der Waals surface area (Å²) in [7, 11) is 1.63. The van der Waals surface area contributed by atoms with E-state index in [0.29, 0.717) is 0 Å². The molecule has 106 valence electrons. The third kappa shape index (κ3) is 4.32. The van der Waals surface area contributed by atoms with Crippen LogP contribution in [0.4, 0.5) is 5.13 Å². The molecule has 0 radical (unpaired) electrons. The average molecular weight is 302 g/mol. The number of carbonyl (C=O) groups is 1. The number of thioether (sulfide) groups is 1. The largest absolute Gasteiger partial charge is 0.376 e. The number of amides is 1. The van der Waals surface area contributed by atoms with Crippen LogP contribution in [0.3, 0.4) is 0 Å². The van der Waals surface area contributed by atoms with E-state index in [0.717, 1.165) is 35.5 Å². The Kier molecular flexibility index (Phi) is 5.41. The molecule has 0 saturated carbocycles. The van der Waals surface area contributed by atoms with Crippen LogP contribution in [0.1, 0.15) is 19.8 Å². The maximum absolute atomic E-state index is 11.4. The predicted octanol–water partition coefficient (Wildman–Crippen LogP) is 1.36. The van der Waals surface area contributed by atoms with Gasteiger partial charge in [0.15, 0.2) is 4.34 Å². The quantitative estimate of drug-likeness (QED) is 0.773. The lowest BCUT2D eigenvalue weighted by Gasteiger charge is -2.08. The van der Waals surface area contributed by atoms with Crippen LogP contribution in [-0.2, 0) is 9.53 Å². The number of rotatable bonds is 6. The molecule has 0 aromatic carbocycles. The molecule has 0 aliphatic carbocycles. The number of nitrogens with zero attached hydrogens (tertiary/aromatic N) is 2. The zero-order chi connectivity index (χ0) is 13.7. The molecule has 1 aromatic heterocycles. The van der Waals surface area contributed by atoms with Gasteiger partial charge in [0.05, 0.1) is 11.4 Å². The lowest BCUT2D eigenvalue weighted by atomic mass is 10.2. The molecule has 1 saturated heterocycles. The molecule has 6 nitrogen and oxygen atoms in total. The van der Waals surface area contributed by atoms with Crippen LogP contribution in [0.2, 0.25) is 0 Å². The van der Waals surface area contributed by atoms with Gasteiger partial charge in [-0.3, -0.25) is 4.79 Å². The fourth-order valence-corrected chi connectivity index (χ4v) is 3.71. The van der Waals surface area contributed by atoms with E-state index in [2.05, 4.69) is 20.8 Å². The first kappa shape index (κ1) is 14.5. The monoisotopic (exact) mass is 302 g/mol. The Morgan fingerprint density at radius 2 is 2.47 bits per heavy atom. The third-order valence-electron chi connectivity index (χ3n) is 2.80. The highest BCUT2D eigenvalue weighted by Crippen LogP contribution is 2.29. The van der Waals surface area contributed by atoms with E-state index in [1.54, 1.807) is 7.05 Å². The lowest BCUT2D eigenvalue weighted by molar-refractivity contribution is -0.119. The molecule has 1 amide bonds. The zero-order valence-corrected chi connectivity index (χ0v) is 12.6. The van der Waals surface area contributed by atoms with Crippen molar-refractivity contribution >= 4 is 34.1 Å². The predicted molar refractivity (Wildman–Crippen MR) is 76.8 cm³/mol. The highest BCUT2D eigenvalue weighted by Gasteiger charge is 2.17. The summed E-state index contributed by atoms with van der Waals surface area (Å²) in [6.45, 7) is 3.47. The van der Waals surface area contributed by atoms with E-state index in [-0.39, 0.29) is 17.3 Å². The van der Waals surface area contributed by atoms with E-state index in [1.807, 2.05) is 6.92 Å². The molecule has 1 fully saturated rings. The first-order valence-electron chi connectivity index (χ1n) is 6.26. The molecule has 2 rings (SSSR count). The topological polar surface area (TPSA) is 76.1 Å². The molecule has 2 heterocycles. The highest BCUT2D eigenvalue weighted by atomic mass is 32.2. The Labute approximate surface area is 120 Å². The number of hydrogen-bond acceptors (Lipinski definition) is 7. The number of carbonyl (C=O) groups excluding carboxylic acids is 1. The van der Waals surface area contributed by atoms with Crippen LogP contribution >= 0.6 is 23.1 Å². The highest BCUT2D eigenvalue weighted by molar-refractivity contribution is 8.02.